The molecule has 202 valence electrons. The molecule has 0 aliphatic rings. The molecule has 0 radical (unpaired) electrons. The van der Waals surface area contributed by atoms with Crippen LogP contribution in [0.2, 0.25) is 0 Å². The first-order chi connectivity index (χ1) is 17.3. The molecule has 36 heavy (non-hydrogen) atoms. The fraction of sp³-hybridized carbons (Fsp3) is 0.643. The minimum Gasteiger partial charge on any atom is -0.481 e. The van der Waals surface area contributed by atoms with E-state index in [4.69, 9.17) is 10.8 Å². The van der Waals surface area contributed by atoms with Gasteiger partial charge in [0.1, 0.15) is 12.1 Å². The average molecular weight is 504 g/mol. The van der Waals surface area contributed by atoms with Crippen LogP contribution >= 0.6 is 0 Å². The summed E-state index contributed by atoms with van der Waals surface area (Å²) in [6, 6.07) is 7.11. The lowest BCUT2D eigenvalue weighted by Crippen LogP contribution is -2.53. The van der Waals surface area contributed by atoms with Gasteiger partial charge in [-0.1, -0.05) is 101 Å². The quantitative estimate of drug-likeness (QED) is 0.186. The van der Waals surface area contributed by atoms with Crippen LogP contribution in [0, 0.1) is 0 Å². The van der Waals surface area contributed by atoms with Gasteiger partial charge in [0, 0.05) is 19.3 Å². The van der Waals surface area contributed by atoms with Gasteiger partial charge < -0.3 is 21.5 Å². The molecule has 0 aliphatic heterocycles. The number of rotatable bonds is 21. The summed E-state index contributed by atoms with van der Waals surface area (Å²) in [5.41, 5.74) is 6.30. The van der Waals surface area contributed by atoms with Crippen molar-refractivity contribution >= 4 is 23.7 Å². The summed E-state index contributed by atoms with van der Waals surface area (Å²) in [6.45, 7) is 2.22. The number of carbonyl (C=O) groups is 4. The molecule has 0 saturated carbocycles. The van der Waals surface area contributed by atoms with Crippen molar-refractivity contribution in [1.82, 2.24) is 10.6 Å². The number of carbonyl (C=O) groups excluding carboxylic acids is 3. The zero-order chi connectivity index (χ0) is 26.6. The monoisotopic (exact) mass is 503 g/mol. The topological polar surface area (TPSA) is 139 Å². The Hall–Kier alpha value is -2.90. The van der Waals surface area contributed by atoms with E-state index in [9.17, 15) is 19.2 Å². The first-order valence-corrected chi connectivity index (χ1v) is 13.5. The normalized spacial score (nSPS) is 12.5. The van der Waals surface area contributed by atoms with Crippen molar-refractivity contribution in [2.45, 2.75) is 115 Å². The highest BCUT2D eigenvalue weighted by Crippen LogP contribution is 2.12. The van der Waals surface area contributed by atoms with Gasteiger partial charge in [0.05, 0.1) is 0 Å². The van der Waals surface area contributed by atoms with Gasteiger partial charge in [0.2, 0.25) is 17.7 Å². The van der Waals surface area contributed by atoms with Crippen LogP contribution in [0.4, 0.5) is 0 Å². The van der Waals surface area contributed by atoms with Gasteiger partial charge in [0.15, 0.2) is 0 Å². The number of hydrogen-bond donors (Lipinski definition) is 4. The molecular weight excluding hydrogens is 458 g/mol. The minimum atomic E-state index is -1.07. The third-order valence-corrected chi connectivity index (χ3v) is 6.25. The van der Waals surface area contributed by atoms with Gasteiger partial charge in [0.25, 0.3) is 0 Å². The number of carboxylic acid groups (broad SMARTS) is 1. The molecule has 2 atom stereocenters. The molecule has 0 saturated heterocycles. The van der Waals surface area contributed by atoms with Crippen LogP contribution in [0.15, 0.2) is 30.3 Å². The van der Waals surface area contributed by atoms with E-state index in [-0.39, 0.29) is 31.6 Å². The highest BCUT2D eigenvalue weighted by atomic mass is 16.4. The highest BCUT2D eigenvalue weighted by molar-refractivity contribution is 5.92. The standard InChI is InChI=1S/C28H45N3O5/c1-2-3-4-5-6-7-8-9-10-11-15-18-25(32)30-23(19-20-26(33)34)28(36)31-24(27(29)35)21-22-16-13-12-14-17-22/h12-14,16-17,23-24H,2-11,15,18-21H2,1H3,(H2,29,35)(H,30,32)(H,31,36)(H,33,34)/t23-,24-/m0/s1. The Balaban J connectivity index is 2.43. The predicted molar refractivity (Wildman–Crippen MR) is 141 cm³/mol. The molecule has 0 aromatic heterocycles. The van der Waals surface area contributed by atoms with E-state index in [1.54, 1.807) is 0 Å². The molecule has 0 bridgehead atoms. The lowest BCUT2D eigenvalue weighted by atomic mass is 10.0. The molecule has 3 amide bonds. The number of amides is 3. The summed E-state index contributed by atoms with van der Waals surface area (Å²) >= 11 is 0. The van der Waals surface area contributed by atoms with E-state index in [1.807, 2.05) is 30.3 Å². The van der Waals surface area contributed by atoms with E-state index in [0.717, 1.165) is 24.8 Å². The lowest BCUT2D eigenvalue weighted by molar-refractivity contribution is -0.138. The van der Waals surface area contributed by atoms with Crippen LogP contribution in [0.1, 0.15) is 102 Å². The summed E-state index contributed by atoms with van der Waals surface area (Å²) in [7, 11) is 0. The average Bonchev–Trinajstić information content (AvgIpc) is 2.85. The summed E-state index contributed by atoms with van der Waals surface area (Å²) in [5, 5.41) is 14.3. The SMILES string of the molecule is CCCCCCCCCCCCCC(=O)N[C@@H](CCC(=O)O)C(=O)N[C@@H](Cc1ccccc1)C(N)=O. The van der Waals surface area contributed by atoms with Crippen LogP contribution in [0.25, 0.3) is 0 Å². The minimum absolute atomic E-state index is 0.0675. The summed E-state index contributed by atoms with van der Waals surface area (Å²) in [4.78, 5) is 48.2. The maximum absolute atomic E-state index is 12.8. The van der Waals surface area contributed by atoms with Gasteiger partial charge in [-0.2, -0.15) is 0 Å². The molecule has 1 aromatic rings. The number of primary amides is 1. The number of carboxylic acids is 1. The van der Waals surface area contributed by atoms with Crippen molar-refractivity contribution in [2.24, 2.45) is 5.73 Å². The molecule has 1 rings (SSSR count). The third kappa shape index (κ3) is 15.2. The fourth-order valence-electron chi connectivity index (χ4n) is 4.10. The Morgan fingerprint density at radius 2 is 1.33 bits per heavy atom. The number of nitrogens with one attached hydrogen (secondary N) is 2. The van der Waals surface area contributed by atoms with Crippen molar-refractivity contribution in [2.75, 3.05) is 0 Å². The molecular formula is C28H45N3O5. The number of aliphatic carboxylic acids is 1. The molecule has 1 aromatic carbocycles. The molecule has 8 nitrogen and oxygen atoms in total. The second kappa shape index (κ2) is 19.3. The lowest BCUT2D eigenvalue weighted by Gasteiger charge is -2.22. The summed E-state index contributed by atoms with van der Waals surface area (Å²) in [5.74, 6) is -2.67. The summed E-state index contributed by atoms with van der Waals surface area (Å²) < 4.78 is 0. The largest absolute Gasteiger partial charge is 0.481 e. The van der Waals surface area contributed by atoms with Crippen LogP contribution < -0.4 is 16.4 Å². The summed E-state index contributed by atoms with van der Waals surface area (Å²) in [6.07, 6.45) is 13.0. The Kier molecular flexibility index (Phi) is 16.7. The van der Waals surface area contributed by atoms with Crippen molar-refractivity contribution in [3.8, 4) is 0 Å². The van der Waals surface area contributed by atoms with Gasteiger partial charge in [-0.05, 0) is 18.4 Å². The van der Waals surface area contributed by atoms with E-state index in [0.29, 0.717) is 6.42 Å². The van der Waals surface area contributed by atoms with Crippen LogP contribution in [-0.4, -0.2) is 40.9 Å². The first-order valence-electron chi connectivity index (χ1n) is 13.5. The first kappa shape index (κ1) is 31.1. The van der Waals surface area contributed by atoms with Crippen molar-refractivity contribution in [3.63, 3.8) is 0 Å². The second-order valence-corrected chi connectivity index (χ2v) is 9.49. The Bertz CT molecular complexity index is 785. The number of hydrogen-bond acceptors (Lipinski definition) is 4. The van der Waals surface area contributed by atoms with Crippen molar-refractivity contribution in [3.05, 3.63) is 35.9 Å². The zero-order valence-corrected chi connectivity index (χ0v) is 21.8. The maximum atomic E-state index is 12.8. The van der Waals surface area contributed by atoms with Gasteiger partial charge in [-0.15, -0.1) is 0 Å². The van der Waals surface area contributed by atoms with Gasteiger partial charge >= 0.3 is 5.97 Å². The van der Waals surface area contributed by atoms with Crippen LogP contribution in [0.5, 0.6) is 0 Å². The predicted octanol–water partition coefficient (Wildman–Crippen LogP) is 4.25. The van der Waals surface area contributed by atoms with Gasteiger partial charge in [-0.25, -0.2) is 0 Å². The van der Waals surface area contributed by atoms with E-state index >= 15 is 0 Å². The zero-order valence-electron chi connectivity index (χ0n) is 21.8. The number of benzene rings is 1. The molecule has 0 unspecified atom stereocenters. The van der Waals surface area contributed by atoms with Crippen LogP contribution in [0.3, 0.4) is 0 Å². The molecule has 0 spiro atoms. The van der Waals surface area contributed by atoms with E-state index in [2.05, 4.69) is 17.6 Å². The second-order valence-electron chi connectivity index (χ2n) is 9.49. The Morgan fingerprint density at radius 1 is 0.778 bits per heavy atom. The third-order valence-electron chi connectivity index (χ3n) is 6.25. The number of nitrogens with two attached hydrogens (primary N) is 1. The van der Waals surface area contributed by atoms with Crippen LogP contribution in [-0.2, 0) is 25.6 Å². The van der Waals surface area contributed by atoms with E-state index in [1.165, 1.54) is 44.9 Å². The fourth-order valence-corrected chi connectivity index (χ4v) is 4.10. The van der Waals surface area contributed by atoms with Gasteiger partial charge in [-0.3, -0.25) is 19.2 Å². The molecule has 0 heterocycles. The molecule has 0 fully saturated rings. The van der Waals surface area contributed by atoms with E-state index < -0.39 is 29.9 Å². The van der Waals surface area contributed by atoms with Crippen molar-refractivity contribution in [1.29, 1.82) is 0 Å². The Labute approximate surface area is 215 Å². The Morgan fingerprint density at radius 3 is 1.86 bits per heavy atom. The van der Waals surface area contributed by atoms with Crippen molar-refractivity contribution < 1.29 is 24.3 Å². The molecule has 8 heteroatoms. The molecule has 5 N–H and O–H groups in total. The maximum Gasteiger partial charge on any atom is 0.303 e. The molecule has 0 aliphatic carbocycles. The highest BCUT2D eigenvalue weighted by Gasteiger charge is 2.26. The smallest absolute Gasteiger partial charge is 0.303 e. The number of unbranched alkanes of at least 4 members (excludes halogenated alkanes) is 10.